The number of ether oxygens (including phenoxy) is 3. The summed E-state index contributed by atoms with van der Waals surface area (Å²) in [6.07, 6.45) is 5.75. The molecule has 0 amide bonds. The topological polar surface area (TPSA) is 52.6 Å². The van der Waals surface area contributed by atoms with Crippen molar-refractivity contribution in [1.82, 2.24) is 4.98 Å². The van der Waals surface area contributed by atoms with E-state index in [0.29, 0.717) is 18.5 Å². The summed E-state index contributed by atoms with van der Waals surface area (Å²) < 4.78 is 17.1. The van der Waals surface area contributed by atoms with Gasteiger partial charge in [-0.15, -0.1) is 0 Å². The smallest absolute Gasteiger partial charge is 0.237 e. The monoisotopic (exact) mass is 278 g/mol. The van der Waals surface area contributed by atoms with Gasteiger partial charge in [0.25, 0.3) is 0 Å². The van der Waals surface area contributed by atoms with E-state index in [2.05, 4.69) is 10.3 Å². The van der Waals surface area contributed by atoms with E-state index in [1.807, 2.05) is 19.1 Å². The first-order valence-corrected chi connectivity index (χ1v) is 7.43. The Morgan fingerprint density at radius 3 is 2.80 bits per heavy atom. The van der Waals surface area contributed by atoms with Crippen LogP contribution in [0.1, 0.15) is 32.6 Å². The fourth-order valence-corrected chi connectivity index (χ4v) is 2.96. The second-order valence-corrected chi connectivity index (χ2v) is 5.32. The molecule has 110 valence electrons. The molecule has 0 radical (unpaired) electrons. The van der Waals surface area contributed by atoms with E-state index in [1.54, 1.807) is 6.20 Å². The number of nitrogens with one attached hydrogen (secondary N) is 1. The quantitative estimate of drug-likeness (QED) is 0.917. The molecule has 0 atom stereocenters. The van der Waals surface area contributed by atoms with Crippen molar-refractivity contribution in [3.63, 3.8) is 0 Å². The highest BCUT2D eigenvalue weighted by Crippen LogP contribution is 2.37. The zero-order chi connectivity index (χ0) is 13.8. The molecule has 1 spiro atoms. The lowest BCUT2D eigenvalue weighted by Gasteiger charge is -2.36. The lowest BCUT2D eigenvalue weighted by atomic mass is 9.90. The summed E-state index contributed by atoms with van der Waals surface area (Å²) in [5.41, 5.74) is 0.976. The third-order valence-electron chi connectivity index (χ3n) is 3.97. The number of rotatable bonds is 4. The van der Waals surface area contributed by atoms with Gasteiger partial charge in [-0.3, -0.25) is 0 Å². The highest BCUT2D eigenvalue weighted by atomic mass is 16.7. The minimum Gasteiger partial charge on any atom is -0.476 e. The average Bonchev–Trinajstić information content (AvgIpc) is 2.92. The summed E-state index contributed by atoms with van der Waals surface area (Å²) in [6, 6.07) is 4.38. The van der Waals surface area contributed by atoms with E-state index in [1.165, 1.54) is 0 Å². The molecule has 2 heterocycles. The molecular weight excluding hydrogens is 256 g/mol. The summed E-state index contributed by atoms with van der Waals surface area (Å²) in [6.45, 7) is 4.06. The Hall–Kier alpha value is -1.33. The average molecular weight is 278 g/mol. The van der Waals surface area contributed by atoms with Crippen molar-refractivity contribution >= 4 is 5.69 Å². The van der Waals surface area contributed by atoms with Gasteiger partial charge in [-0.2, -0.15) is 0 Å². The zero-order valence-electron chi connectivity index (χ0n) is 11.9. The minimum absolute atomic E-state index is 0.296. The SMILES string of the molecule is CCOc1ncccc1NC1CCC2(CC1)OCCO2. The van der Waals surface area contributed by atoms with E-state index >= 15 is 0 Å². The first kappa shape index (κ1) is 13.6. The van der Waals surface area contributed by atoms with Crippen LogP contribution in [-0.2, 0) is 9.47 Å². The molecule has 3 rings (SSSR count). The Kier molecular flexibility index (Phi) is 4.08. The first-order valence-electron chi connectivity index (χ1n) is 7.43. The molecule has 5 heteroatoms. The molecule has 1 saturated carbocycles. The van der Waals surface area contributed by atoms with Gasteiger partial charge in [0, 0.05) is 25.1 Å². The maximum atomic E-state index is 5.76. The summed E-state index contributed by atoms with van der Waals surface area (Å²) in [5, 5.41) is 3.54. The van der Waals surface area contributed by atoms with Crippen LogP contribution in [0.25, 0.3) is 0 Å². The second-order valence-electron chi connectivity index (χ2n) is 5.32. The Balaban J connectivity index is 1.59. The van der Waals surface area contributed by atoms with Crippen LogP contribution in [-0.4, -0.2) is 36.6 Å². The van der Waals surface area contributed by atoms with Crippen molar-refractivity contribution in [3.05, 3.63) is 18.3 Å². The Morgan fingerprint density at radius 1 is 1.35 bits per heavy atom. The van der Waals surface area contributed by atoms with Crippen molar-refractivity contribution in [2.45, 2.75) is 44.4 Å². The molecule has 2 aliphatic rings. The Morgan fingerprint density at radius 2 is 2.10 bits per heavy atom. The fraction of sp³-hybridized carbons (Fsp3) is 0.667. The second kappa shape index (κ2) is 5.97. The summed E-state index contributed by atoms with van der Waals surface area (Å²) >= 11 is 0. The van der Waals surface area contributed by atoms with Crippen LogP contribution in [0.3, 0.4) is 0 Å². The molecule has 2 fully saturated rings. The molecule has 1 aliphatic heterocycles. The number of pyridine rings is 1. The van der Waals surface area contributed by atoms with Crippen LogP contribution >= 0.6 is 0 Å². The molecule has 1 aromatic rings. The van der Waals surface area contributed by atoms with Gasteiger partial charge in [0.2, 0.25) is 5.88 Å². The maximum Gasteiger partial charge on any atom is 0.237 e. The van der Waals surface area contributed by atoms with Gasteiger partial charge in [-0.1, -0.05) is 0 Å². The van der Waals surface area contributed by atoms with Gasteiger partial charge < -0.3 is 19.5 Å². The molecule has 0 aromatic carbocycles. The lowest BCUT2D eigenvalue weighted by Crippen LogP contribution is -2.39. The van der Waals surface area contributed by atoms with Gasteiger partial charge in [0.1, 0.15) is 0 Å². The highest BCUT2D eigenvalue weighted by molar-refractivity contribution is 5.52. The van der Waals surface area contributed by atoms with Gasteiger partial charge in [0.15, 0.2) is 5.79 Å². The molecule has 1 N–H and O–H groups in total. The molecular formula is C15H22N2O3. The van der Waals surface area contributed by atoms with Gasteiger partial charge in [0.05, 0.1) is 25.5 Å². The molecule has 5 nitrogen and oxygen atoms in total. The van der Waals surface area contributed by atoms with E-state index in [-0.39, 0.29) is 5.79 Å². The molecule has 0 bridgehead atoms. The van der Waals surface area contributed by atoms with Gasteiger partial charge in [-0.25, -0.2) is 4.98 Å². The summed E-state index contributed by atoms with van der Waals surface area (Å²) in [7, 11) is 0. The zero-order valence-corrected chi connectivity index (χ0v) is 11.9. The predicted molar refractivity (Wildman–Crippen MR) is 75.9 cm³/mol. The number of anilines is 1. The van der Waals surface area contributed by atoms with Crippen LogP contribution in [0.2, 0.25) is 0 Å². The van der Waals surface area contributed by atoms with E-state index in [9.17, 15) is 0 Å². The molecule has 1 saturated heterocycles. The van der Waals surface area contributed by atoms with Crippen molar-refractivity contribution < 1.29 is 14.2 Å². The normalized spacial score (nSPS) is 22.1. The molecule has 20 heavy (non-hydrogen) atoms. The predicted octanol–water partition coefficient (Wildman–Crippen LogP) is 2.58. The Labute approximate surface area is 119 Å². The van der Waals surface area contributed by atoms with Crippen molar-refractivity contribution in [1.29, 1.82) is 0 Å². The Bertz CT molecular complexity index is 436. The maximum absolute atomic E-state index is 5.76. The number of hydrogen-bond donors (Lipinski definition) is 1. The van der Waals surface area contributed by atoms with E-state index in [4.69, 9.17) is 14.2 Å². The molecule has 1 aliphatic carbocycles. The van der Waals surface area contributed by atoms with Crippen LogP contribution < -0.4 is 10.1 Å². The van der Waals surface area contributed by atoms with E-state index < -0.39 is 0 Å². The van der Waals surface area contributed by atoms with Crippen molar-refractivity contribution in [3.8, 4) is 5.88 Å². The van der Waals surface area contributed by atoms with Crippen molar-refractivity contribution in [2.75, 3.05) is 25.1 Å². The van der Waals surface area contributed by atoms with Crippen LogP contribution in [0.4, 0.5) is 5.69 Å². The summed E-state index contributed by atoms with van der Waals surface area (Å²) in [4.78, 5) is 4.27. The van der Waals surface area contributed by atoms with Gasteiger partial charge >= 0.3 is 0 Å². The lowest BCUT2D eigenvalue weighted by molar-refractivity contribution is -0.177. The molecule has 0 unspecified atom stereocenters. The summed E-state index contributed by atoms with van der Waals surface area (Å²) in [5.74, 6) is 0.388. The third-order valence-corrected chi connectivity index (χ3v) is 3.97. The fourth-order valence-electron chi connectivity index (χ4n) is 2.96. The standard InChI is InChI=1S/C15H22N2O3/c1-2-18-14-13(4-3-9-16-14)17-12-5-7-15(8-6-12)19-10-11-20-15/h3-4,9,12,17H,2,5-8,10-11H2,1H3. The third kappa shape index (κ3) is 2.88. The van der Waals surface area contributed by atoms with Crippen molar-refractivity contribution in [2.24, 2.45) is 0 Å². The molecule has 1 aromatic heterocycles. The van der Waals surface area contributed by atoms with E-state index in [0.717, 1.165) is 44.6 Å². The first-order chi connectivity index (χ1) is 9.81. The number of nitrogens with zero attached hydrogens (tertiary/aromatic N) is 1. The number of hydrogen-bond acceptors (Lipinski definition) is 5. The van der Waals surface area contributed by atoms with Crippen LogP contribution in [0.5, 0.6) is 5.88 Å². The number of aromatic nitrogens is 1. The van der Waals surface area contributed by atoms with Gasteiger partial charge in [-0.05, 0) is 31.9 Å². The highest BCUT2D eigenvalue weighted by Gasteiger charge is 2.40. The van der Waals surface area contributed by atoms with Crippen LogP contribution in [0, 0.1) is 0 Å². The van der Waals surface area contributed by atoms with Crippen LogP contribution in [0.15, 0.2) is 18.3 Å². The largest absolute Gasteiger partial charge is 0.476 e. The minimum atomic E-state index is -0.296.